The molecule has 10 heteroatoms. The van der Waals surface area contributed by atoms with Crippen LogP contribution in [-0.4, -0.2) is 63.3 Å². The maximum Gasteiger partial charge on any atom is 0.335 e. The number of nitrogens with zero attached hydrogens (tertiary/aromatic N) is 3. The number of rotatable bonds is 7. The molecular formula is C30H42N4O6. The lowest BCUT2D eigenvalue weighted by Gasteiger charge is -2.22. The fourth-order valence-corrected chi connectivity index (χ4v) is 5.20. The second-order valence-electron chi connectivity index (χ2n) is 10.3. The third kappa shape index (κ3) is 7.91. The molecule has 3 N–H and O–H groups in total. The van der Waals surface area contributed by atoms with E-state index in [0.29, 0.717) is 34.5 Å². The van der Waals surface area contributed by atoms with Gasteiger partial charge in [-0.05, 0) is 69.4 Å². The second kappa shape index (κ2) is 14.9. The van der Waals surface area contributed by atoms with Gasteiger partial charge in [-0.15, -0.1) is 0 Å². The molecule has 0 radical (unpaired) electrons. The number of anilines is 1. The van der Waals surface area contributed by atoms with Crippen LogP contribution >= 0.6 is 0 Å². The Kier molecular flexibility index (Phi) is 11.1. The zero-order chi connectivity index (χ0) is 28.3. The summed E-state index contributed by atoms with van der Waals surface area (Å²) in [6.07, 6.45) is 11.0. The molecule has 1 saturated heterocycles. The largest absolute Gasteiger partial charge is 0.478 e. The quantitative estimate of drug-likeness (QED) is 0.314. The summed E-state index contributed by atoms with van der Waals surface area (Å²) in [5.74, 6) is 0.0880. The minimum atomic E-state index is -0.976. The minimum absolute atomic E-state index is 0.0463. The van der Waals surface area contributed by atoms with Gasteiger partial charge >= 0.3 is 12.0 Å². The molecule has 10 nitrogen and oxygen atoms in total. The number of aromatic carboxylic acids is 1. The highest BCUT2D eigenvalue weighted by Gasteiger charge is 2.24. The van der Waals surface area contributed by atoms with E-state index in [1.807, 2.05) is 13.8 Å². The average Bonchev–Trinajstić information content (AvgIpc) is 3.77. The van der Waals surface area contributed by atoms with Crippen LogP contribution < -0.4 is 10.1 Å². The molecule has 2 aliphatic carbocycles. The van der Waals surface area contributed by atoms with E-state index in [-0.39, 0.29) is 17.8 Å². The summed E-state index contributed by atoms with van der Waals surface area (Å²) in [5.41, 5.74) is 2.47. The van der Waals surface area contributed by atoms with Gasteiger partial charge < -0.3 is 29.5 Å². The van der Waals surface area contributed by atoms with E-state index >= 15 is 0 Å². The molecule has 0 bridgehead atoms. The van der Waals surface area contributed by atoms with Crippen molar-refractivity contribution in [2.75, 3.05) is 25.1 Å². The van der Waals surface area contributed by atoms with Gasteiger partial charge in [0.2, 0.25) is 5.58 Å². The van der Waals surface area contributed by atoms with E-state index in [0.717, 1.165) is 76.7 Å². The zero-order valence-electron chi connectivity index (χ0n) is 23.6. The van der Waals surface area contributed by atoms with Crippen molar-refractivity contribution in [2.24, 2.45) is 5.92 Å². The van der Waals surface area contributed by atoms with Crippen molar-refractivity contribution in [1.82, 2.24) is 15.1 Å². The van der Waals surface area contributed by atoms with E-state index in [1.165, 1.54) is 12.8 Å². The predicted octanol–water partition coefficient (Wildman–Crippen LogP) is 6.09. The number of benzene rings is 1. The summed E-state index contributed by atoms with van der Waals surface area (Å²) in [7, 11) is 0. The van der Waals surface area contributed by atoms with Crippen molar-refractivity contribution >= 4 is 22.9 Å². The molecule has 1 aromatic carbocycles. The van der Waals surface area contributed by atoms with Crippen molar-refractivity contribution < 1.29 is 29.0 Å². The Morgan fingerprint density at radius 3 is 2.23 bits per heavy atom. The Morgan fingerprint density at radius 2 is 1.62 bits per heavy atom. The minimum Gasteiger partial charge on any atom is -0.478 e. The molecule has 0 amide bonds. The number of carbonyl (C=O) groups is 1. The van der Waals surface area contributed by atoms with E-state index in [9.17, 15) is 4.79 Å². The van der Waals surface area contributed by atoms with Gasteiger partial charge in [0.25, 0.3) is 0 Å². The lowest BCUT2D eigenvalue weighted by Crippen LogP contribution is -2.23. The topological polar surface area (TPSA) is 140 Å². The molecule has 6 rings (SSSR count). The van der Waals surface area contributed by atoms with E-state index in [2.05, 4.69) is 20.4 Å². The monoisotopic (exact) mass is 554 g/mol. The Morgan fingerprint density at radius 1 is 0.975 bits per heavy atom. The maximum absolute atomic E-state index is 11.2. The van der Waals surface area contributed by atoms with Crippen LogP contribution in [0.25, 0.3) is 22.4 Å². The highest BCUT2D eigenvalue weighted by Crippen LogP contribution is 2.33. The van der Waals surface area contributed by atoms with Gasteiger partial charge in [0.1, 0.15) is 17.3 Å². The van der Waals surface area contributed by atoms with Crippen molar-refractivity contribution in [3.8, 4) is 17.3 Å². The highest BCUT2D eigenvalue weighted by atomic mass is 16.5. The van der Waals surface area contributed by atoms with E-state index in [4.69, 9.17) is 24.2 Å². The number of aromatic nitrogens is 3. The number of ether oxygens (including phenoxy) is 2. The van der Waals surface area contributed by atoms with Crippen molar-refractivity contribution in [1.29, 1.82) is 0 Å². The van der Waals surface area contributed by atoms with Crippen LogP contribution in [0, 0.1) is 5.92 Å². The second-order valence-corrected chi connectivity index (χ2v) is 10.3. The molecule has 3 fully saturated rings. The van der Waals surface area contributed by atoms with Crippen molar-refractivity contribution in [2.45, 2.75) is 90.3 Å². The molecule has 3 heterocycles. The molecule has 2 aromatic heterocycles. The van der Waals surface area contributed by atoms with Crippen LogP contribution in [0.4, 0.5) is 5.82 Å². The number of nitrogens with one attached hydrogen (secondary N) is 1. The molecule has 2 saturated carbocycles. The summed E-state index contributed by atoms with van der Waals surface area (Å²) >= 11 is 0. The first kappa shape index (κ1) is 29.7. The van der Waals surface area contributed by atoms with Gasteiger partial charge in [0.05, 0.1) is 11.7 Å². The van der Waals surface area contributed by atoms with E-state index < -0.39 is 5.97 Å². The number of hydrogen-bond donors (Lipinski definition) is 3. The molecule has 0 unspecified atom stereocenters. The van der Waals surface area contributed by atoms with Gasteiger partial charge in [0.15, 0.2) is 5.82 Å². The summed E-state index contributed by atoms with van der Waals surface area (Å²) in [5, 5.41) is 25.5. The molecule has 0 atom stereocenters. The Labute approximate surface area is 235 Å². The number of fused-ring (bicyclic) bond motifs is 1. The number of aliphatic hydroxyl groups is 1. The van der Waals surface area contributed by atoms with Crippen LogP contribution in [0.5, 0.6) is 6.01 Å². The molecular weight excluding hydrogens is 512 g/mol. The normalized spacial score (nSPS) is 18.1. The van der Waals surface area contributed by atoms with Gasteiger partial charge in [0, 0.05) is 25.3 Å². The van der Waals surface area contributed by atoms with Crippen LogP contribution in [0.3, 0.4) is 0 Å². The Bertz CT molecular complexity index is 1200. The fraction of sp³-hybridized carbons (Fsp3) is 0.600. The van der Waals surface area contributed by atoms with Gasteiger partial charge in [-0.2, -0.15) is 9.97 Å². The summed E-state index contributed by atoms with van der Waals surface area (Å²) in [6, 6.07) is 6.80. The van der Waals surface area contributed by atoms with Crippen molar-refractivity contribution in [3.63, 3.8) is 0 Å². The number of carboxylic acid groups (broad SMARTS) is 1. The average molecular weight is 555 g/mol. The molecule has 40 heavy (non-hydrogen) atoms. The predicted molar refractivity (Wildman–Crippen MR) is 153 cm³/mol. The highest BCUT2D eigenvalue weighted by molar-refractivity contribution is 5.95. The van der Waals surface area contributed by atoms with Crippen LogP contribution in [0.15, 0.2) is 28.8 Å². The van der Waals surface area contributed by atoms with Gasteiger partial charge in [-0.25, -0.2) is 4.79 Å². The van der Waals surface area contributed by atoms with Crippen molar-refractivity contribution in [3.05, 3.63) is 29.8 Å². The number of aliphatic hydroxyl groups excluding tert-OH is 1. The molecule has 1 aliphatic heterocycles. The lowest BCUT2D eigenvalue weighted by atomic mass is 10.0. The van der Waals surface area contributed by atoms with Crippen LogP contribution in [0.1, 0.15) is 88.4 Å². The Balaban J connectivity index is 0.000000404. The zero-order valence-corrected chi connectivity index (χ0v) is 23.6. The first-order chi connectivity index (χ1) is 19.6. The van der Waals surface area contributed by atoms with Gasteiger partial charge in [-0.3, -0.25) is 0 Å². The third-order valence-corrected chi connectivity index (χ3v) is 7.50. The Hall–Kier alpha value is -3.24. The molecule has 218 valence electrons. The summed E-state index contributed by atoms with van der Waals surface area (Å²) in [6.45, 7) is 6.31. The summed E-state index contributed by atoms with van der Waals surface area (Å²) < 4.78 is 17.2. The fourth-order valence-electron chi connectivity index (χ4n) is 5.20. The first-order valence-corrected chi connectivity index (χ1v) is 14.7. The van der Waals surface area contributed by atoms with Gasteiger partial charge in [-0.1, -0.05) is 44.0 Å². The number of carboxylic acids is 1. The maximum atomic E-state index is 11.2. The summed E-state index contributed by atoms with van der Waals surface area (Å²) in [4.78, 5) is 20.4. The van der Waals surface area contributed by atoms with E-state index in [1.54, 1.807) is 24.3 Å². The van der Waals surface area contributed by atoms with Crippen LogP contribution in [-0.2, 0) is 4.74 Å². The lowest BCUT2D eigenvalue weighted by molar-refractivity contribution is 0.0694. The molecule has 0 spiro atoms. The standard InChI is InChI=1S/C23H26N4O5.C5H10O.C2H6/c28-22(29)16-7-5-15(6-8-16)18-19-20(32-27-18)21(24-13-14-9-11-30-12-10-14)26-23(25-19)31-17-3-1-2-4-17;6-5-3-1-2-4-5;1-2/h5-8,14,17H,1-4,9-13H2,(H,28,29)(H,24,25,26);5-6H,1-4H2;1-2H3. The first-order valence-electron chi connectivity index (χ1n) is 14.7. The SMILES string of the molecule is CC.O=C(O)c1ccc(-c2noc3c(NCC4CCOCC4)nc(OC4CCCC4)nc23)cc1.OC1CCCC1. The third-order valence-electron chi connectivity index (χ3n) is 7.50. The smallest absolute Gasteiger partial charge is 0.335 e. The number of hydrogen-bond acceptors (Lipinski definition) is 9. The van der Waals surface area contributed by atoms with Crippen LogP contribution in [0.2, 0.25) is 0 Å². The molecule has 3 aromatic rings. The molecule has 3 aliphatic rings.